The number of likely N-dealkylation sites (N-methyl/N-ethyl adjacent to an activating group) is 1. The van der Waals surface area contributed by atoms with Crippen molar-refractivity contribution < 1.29 is 0 Å². The maximum atomic E-state index is 4.69. The first kappa shape index (κ1) is 18.3. The molecule has 0 saturated carbocycles. The number of imidazole rings is 1. The van der Waals surface area contributed by atoms with Gasteiger partial charge in [0.1, 0.15) is 0 Å². The van der Waals surface area contributed by atoms with Gasteiger partial charge in [-0.3, -0.25) is 4.98 Å². The lowest BCUT2D eigenvalue weighted by Gasteiger charge is -2.35. The molecule has 0 amide bonds. The van der Waals surface area contributed by atoms with E-state index < -0.39 is 0 Å². The van der Waals surface area contributed by atoms with Crippen LogP contribution in [0.25, 0.3) is 16.2 Å². The molecule has 0 unspecified atom stereocenters. The van der Waals surface area contributed by atoms with Crippen LogP contribution in [-0.2, 0) is 0 Å². The molecule has 0 radical (unpaired) electrons. The van der Waals surface area contributed by atoms with Crippen molar-refractivity contribution in [2.24, 2.45) is 0 Å². The van der Waals surface area contributed by atoms with Gasteiger partial charge in [0.05, 0.1) is 11.9 Å². The largest absolute Gasteiger partial charge is 0.355 e. The summed E-state index contributed by atoms with van der Waals surface area (Å²) in [5.41, 5.74) is 1.91. The van der Waals surface area contributed by atoms with Crippen LogP contribution in [-0.4, -0.2) is 74.7 Å². The van der Waals surface area contributed by atoms with Crippen LogP contribution >= 0.6 is 11.3 Å². The van der Waals surface area contributed by atoms with Crippen LogP contribution in [0.15, 0.2) is 30.7 Å². The van der Waals surface area contributed by atoms with Gasteiger partial charge in [-0.1, -0.05) is 11.3 Å². The molecule has 0 spiro atoms. The highest BCUT2D eigenvalue weighted by atomic mass is 32.1. The van der Waals surface area contributed by atoms with E-state index in [9.17, 15) is 0 Å². The number of nitrogens with zero attached hydrogens (tertiary/aromatic N) is 6. The third-order valence-electron chi connectivity index (χ3n) is 5.09. The van der Waals surface area contributed by atoms with Gasteiger partial charge in [-0.15, -0.1) is 5.10 Å². The average molecular weight is 386 g/mol. The molecule has 3 aromatic heterocycles. The van der Waals surface area contributed by atoms with Crippen molar-refractivity contribution in [3.8, 4) is 11.3 Å². The third-order valence-corrected chi connectivity index (χ3v) is 5.93. The number of hydrogen-bond donors (Lipinski definition) is 1. The molecule has 1 aliphatic rings. The third kappa shape index (κ3) is 4.45. The zero-order valence-electron chi connectivity index (χ0n) is 16.2. The maximum absolute atomic E-state index is 4.69. The molecule has 0 aliphatic carbocycles. The van der Waals surface area contributed by atoms with E-state index in [0.29, 0.717) is 0 Å². The fraction of sp³-hybridized carbons (Fsp3) is 0.526. The monoisotopic (exact) mass is 385 g/mol. The molecule has 1 fully saturated rings. The molecule has 0 atom stereocenters. The van der Waals surface area contributed by atoms with Crippen LogP contribution in [0.4, 0.5) is 5.13 Å². The van der Waals surface area contributed by atoms with Crippen LogP contribution in [0.2, 0.25) is 0 Å². The minimum atomic E-state index is -0.00854. The van der Waals surface area contributed by atoms with Crippen molar-refractivity contribution in [2.75, 3.05) is 45.1 Å². The fourth-order valence-electron chi connectivity index (χ4n) is 3.27. The van der Waals surface area contributed by atoms with E-state index in [0.717, 1.165) is 60.5 Å². The molecule has 8 heteroatoms. The van der Waals surface area contributed by atoms with Gasteiger partial charge in [-0.25, -0.2) is 9.50 Å². The molecule has 7 nitrogen and oxygen atoms in total. The number of pyridine rings is 1. The van der Waals surface area contributed by atoms with Crippen LogP contribution in [0, 0.1) is 0 Å². The van der Waals surface area contributed by atoms with E-state index in [1.807, 2.05) is 29.0 Å². The van der Waals surface area contributed by atoms with Crippen molar-refractivity contribution in [2.45, 2.75) is 25.8 Å². The number of piperazine rings is 1. The summed E-state index contributed by atoms with van der Waals surface area (Å²) in [6.45, 7) is 10.3. The lowest BCUT2D eigenvalue weighted by Crippen LogP contribution is -2.46. The summed E-state index contributed by atoms with van der Waals surface area (Å²) in [5, 5.41) is 9.18. The molecule has 4 heterocycles. The Morgan fingerprint density at radius 3 is 2.74 bits per heavy atom. The van der Waals surface area contributed by atoms with Gasteiger partial charge >= 0.3 is 0 Å². The molecule has 1 aliphatic heterocycles. The molecule has 3 aromatic rings. The van der Waals surface area contributed by atoms with Crippen molar-refractivity contribution in [1.82, 2.24) is 29.4 Å². The Balaban J connectivity index is 1.38. The number of fused-ring (bicyclic) bond motifs is 1. The smallest absolute Gasteiger partial charge is 0.214 e. The lowest BCUT2D eigenvalue weighted by molar-refractivity contribution is 0.147. The SMILES string of the molecule is CN1CCN(CCC(C)(C)Nc2nn3cc(-c4cccnc4)nc3s2)CC1. The molecule has 1 saturated heterocycles. The molecule has 144 valence electrons. The van der Waals surface area contributed by atoms with Crippen molar-refractivity contribution in [3.05, 3.63) is 30.7 Å². The van der Waals surface area contributed by atoms with E-state index in [2.05, 4.69) is 51.1 Å². The normalized spacial score (nSPS) is 16.9. The quantitative estimate of drug-likeness (QED) is 0.704. The average Bonchev–Trinajstić information content (AvgIpc) is 3.20. The number of nitrogens with one attached hydrogen (secondary N) is 1. The molecule has 0 bridgehead atoms. The highest BCUT2D eigenvalue weighted by Gasteiger charge is 2.22. The predicted octanol–water partition coefficient (Wildman–Crippen LogP) is 2.68. The Hall–Kier alpha value is -2.03. The van der Waals surface area contributed by atoms with Gasteiger partial charge in [0.2, 0.25) is 10.1 Å². The number of rotatable bonds is 6. The van der Waals surface area contributed by atoms with Gasteiger partial charge in [0.25, 0.3) is 0 Å². The second-order valence-electron chi connectivity index (χ2n) is 7.91. The van der Waals surface area contributed by atoms with E-state index in [4.69, 9.17) is 0 Å². The summed E-state index contributed by atoms with van der Waals surface area (Å²) in [6.07, 6.45) is 6.64. The summed E-state index contributed by atoms with van der Waals surface area (Å²) in [6, 6.07) is 3.94. The second kappa shape index (κ2) is 7.53. The van der Waals surface area contributed by atoms with Crippen LogP contribution in [0.1, 0.15) is 20.3 Å². The standard InChI is InChI=1S/C19H27N7S/c1-19(2,6-8-25-11-9-24(3)10-12-25)22-17-23-26-14-16(21-18(26)27-17)15-5-4-7-20-13-15/h4-5,7,13-14H,6,8-12H2,1-3H3,(H,22,23). The van der Waals surface area contributed by atoms with Crippen LogP contribution in [0.5, 0.6) is 0 Å². The zero-order chi connectivity index (χ0) is 18.9. The van der Waals surface area contributed by atoms with Gasteiger partial charge in [0.15, 0.2) is 0 Å². The van der Waals surface area contributed by atoms with E-state index in [1.165, 1.54) is 0 Å². The highest BCUT2D eigenvalue weighted by Crippen LogP contribution is 2.26. The predicted molar refractivity (Wildman–Crippen MR) is 110 cm³/mol. The maximum Gasteiger partial charge on any atom is 0.214 e. The van der Waals surface area contributed by atoms with Gasteiger partial charge in [0, 0.05) is 56.2 Å². The Kier molecular flexibility index (Phi) is 5.12. The van der Waals surface area contributed by atoms with Crippen molar-refractivity contribution >= 4 is 21.4 Å². The first-order valence-electron chi connectivity index (χ1n) is 9.44. The first-order chi connectivity index (χ1) is 13.0. The summed E-state index contributed by atoms with van der Waals surface area (Å²) >= 11 is 1.59. The lowest BCUT2D eigenvalue weighted by atomic mass is 10.0. The first-order valence-corrected chi connectivity index (χ1v) is 10.3. The molecular formula is C19H27N7S. The Labute approximate surface area is 164 Å². The Morgan fingerprint density at radius 1 is 1.22 bits per heavy atom. The molecular weight excluding hydrogens is 358 g/mol. The highest BCUT2D eigenvalue weighted by molar-refractivity contribution is 7.20. The Bertz CT molecular complexity index is 846. The van der Waals surface area contributed by atoms with Crippen molar-refractivity contribution in [1.29, 1.82) is 0 Å². The summed E-state index contributed by atoms with van der Waals surface area (Å²) in [5.74, 6) is 0. The summed E-state index contributed by atoms with van der Waals surface area (Å²) < 4.78 is 1.85. The summed E-state index contributed by atoms with van der Waals surface area (Å²) in [4.78, 5) is 14.7. The van der Waals surface area contributed by atoms with Crippen molar-refractivity contribution in [3.63, 3.8) is 0 Å². The molecule has 27 heavy (non-hydrogen) atoms. The minimum absolute atomic E-state index is 0.00854. The second-order valence-corrected chi connectivity index (χ2v) is 8.86. The van der Waals surface area contributed by atoms with Crippen LogP contribution in [0.3, 0.4) is 0 Å². The summed E-state index contributed by atoms with van der Waals surface area (Å²) in [7, 11) is 2.20. The van der Waals surface area contributed by atoms with Gasteiger partial charge < -0.3 is 15.1 Å². The zero-order valence-corrected chi connectivity index (χ0v) is 17.0. The Morgan fingerprint density at radius 2 is 2.04 bits per heavy atom. The van der Waals surface area contributed by atoms with Gasteiger partial charge in [-0.2, -0.15) is 0 Å². The number of anilines is 1. The van der Waals surface area contributed by atoms with Gasteiger partial charge in [-0.05, 0) is 39.4 Å². The molecule has 4 rings (SSSR count). The van der Waals surface area contributed by atoms with E-state index >= 15 is 0 Å². The van der Waals surface area contributed by atoms with E-state index in [-0.39, 0.29) is 5.54 Å². The van der Waals surface area contributed by atoms with Crippen LogP contribution < -0.4 is 5.32 Å². The molecule has 1 N–H and O–H groups in total. The van der Waals surface area contributed by atoms with E-state index in [1.54, 1.807) is 17.5 Å². The molecule has 0 aromatic carbocycles. The number of hydrogen-bond acceptors (Lipinski definition) is 7. The topological polar surface area (TPSA) is 61.6 Å². The minimum Gasteiger partial charge on any atom is -0.355 e. The fourth-order valence-corrected chi connectivity index (χ4v) is 4.23. The number of aromatic nitrogens is 4.